The summed E-state index contributed by atoms with van der Waals surface area (Å²) in [6, 6.07) is 3.19. The molecule has 0 bridgehead atoms. The molecule has 0 fully saturated rings. The summed E-state index contributed by atoms with van der Waals surface area (Å²) in [6.45, 7) is 7.95. The maximum Gasteiger partial charge on any atom is 0.127 e. The average molecular weight is 208 g/mol. The van der Waals surface area contributed by atoms with Gasteiger partial charge in [0, 0.05) is 10.9 Å². The van der Waals surface area contributed by atoms with Crippen molar-refractivity contribution in [2.75, 3.05) is 0 Å². The van der Waals surface area contributed by atoms with Crippen LogP contribution in [0.25, 0.3) is 10.9 Å². The number of aromatic amines is 1. The van der Waals surface area contributed by atoms with Crippen LogP contribution in [-0.4, -0.2) is 10.2 Å². The Bertz CT molecular complexity index is 432. The molecule has 0 saturated carbocycles. The number of nitrogens with one attached hydrogen (secondary N) is 1. The second-order valence-electron chi connectivity index (χ2n) is 3.45. The van der Waals surface area contributed by atoms with Crippen molar-refractivity contribution >= 4 is 10.9 Å². The number of H-pyrrole nitrogens is 1. The van der Waals surface area contributed by atoms with Crippen LogP contribution < -0.4 is 0 Å². The van der Waals surface area contributed by atoms with Gasteiger partial charge in [0.1, 0.15) is 5.82 Å². The molecule has 2 aromatic rings. The highest BCUT2D eigenvalue weighted by atomic mass is 19.1. The van der Waals surface area contributed by atoms with Crippen LogP contribution in [-0.2, 0) is 0 Å². The van der Waals surface area contributed by atoms with E-state index in [1.165, 1.54) is 6.07 Å². The van der Waals surface area contributed by atoms with Gasteiger partial charge < -0.3 is 0 Å². The van der Waals surface area contributed by atoms with E-state index in [1.54, 1.807) is 12.3 Å². The second kappa shape index (κ2) is 4.91. The minimum Gasteiger partial charge on any atom is -0.278 e. The quantitative estimate of drug-likeness (QED) is 0.757. The fraction of sp³-hybridized carbons (Fsp3) is 0.417. The predicted molar refractivity (Wildman–Crippen MR) is 61.5 cm³/mol. The van der Waals surface area contributed by atoms with E-state index in [1.807, 2.05) is 27.7 Å². The molecule has 1 N–H and O–H groups in total. The van der Waals surface area contributed by atoms with Crippen LogP contribution >= 0.6 is 0 Å². The highest BCUT2D eigenvalue weighted by Gasteiger charge is 2.11. The lowest BCUT2D eigenvalue weighted by Gasteiger charge is -2.07. The van der Waals surface area contributed by atoms with E-state index in [0.717, 1.165) is 16.5 Å². The third-order valence-electron chi connectivity index (χ3n) is 2.19. The Morgan fingerprint density at radius 1 is 1.27 bits per heavy atom. The summed E-state index contributed by atoms with van der Waals surface area (Å²) in [7, 11) is 0. The molecule has 0 aliphatic rings. The summed E-state index contributed by atoms with van der Waals surface area (Å²) in [5.74, 6) is 0.0326. The third-order valence-corrected chi connectivity index (χ3v) is 2.19. The molecule has 1 aromatic carbocycles. The number of hydrogen-bond acceptors (Lipinski definition) is 1. The number of aromatic nitrogens is 2. The minimum absolute atomic E-state index is 0.149. The van der Waals surface area contributed by atoms with Gasteiger partial charge in [0.05, 0.1) is 11.7 Å². The van der Waals surface area contributed by atoms with Crippen LogP contribution in [0.3, 0.4) is 0 Å². The number of hydrogen-bond donors (Lipinski definition) is 1. The van der Waals surface area contributed by atoms with Crippen LogP contribution in [0.1, 0.15) is 39.2 Å². The van der Waals surface area contributed by atoms with Gasteiger partial charge in [-0.15, -0.1) is 0 Å². The summed E-state index contributed by atoms with van der Waals surface area (Å²) in [6.07, 6.45) is 1.67. The SMILES string of the molecule is CC.CC(C)c1c(F)ccc2[nH]ncc12. The number of rotatable bonds is 1. The number of benzene rings is 1. The van der Waals surface area contributed by atoms with Gasteiger partial charge in [-0.2, -0.15) is 5.10 Å². The zero-order valence-corrected chi connectivity index (χ0v) is 9.63. The first-order valence-electron chi connectivity index (χ1n) is 5.31. The van der Waals surface area contributed by atoms with Crippen molar-refractivity contribution in [2.24, 2.45) is 0 Å². The lowest BCUT2D eigenvalue weighted by molar-refractivity contribution is 0.602. The first-order valence-corrected chi connectivity index (χ1v) is 5.31. The molecule has 0 amide bonds. The number of halogens is 1. The minimum atomic E-state index is -0.149. The van der Waals surface area contributed by atoms with Crippen molar-refractivity contribution in [2.45, 2.75) is 33.6 Å². The summed E-state index contributed by atoms with van der Waals surface area (Å²) in [4.78, 5) is 0. The van der Waals surface area contributed by atoms with E-state index < -0.39 is 0 Å². The highest BCUT2D eigenvalue weighted by molar-refractivity contribution is 5.82. The van der Waals surface area contributed by atoms with E-state index >= 15 is 0 Å². The molecule has 2 nitrogen and oxygen atoms in total. The van der Waals surface area contributed by atoms with Crippen molar-refractivity contribution in [3.8, 4) is 0 Å². The number of nitrogens with zero attached hydrogens (tertiary/aromatic N) is 1. The van der Waals surface area contributed by atoms with Crippen molar-refractivity contribution in [3.63, 3.8) is 0 Å². The molecule has 3 heteroatoms. The van der Waals surface area contributed by atoms with Crippen molar-refractivity contribution in [1.82, 2.24) is 10.2 Å². The zero-order valence-electron chi connectivity index (χ0n) is 9.63. The molecular weight excluding hydrogens is 191 g/mol. The third kappa shape index (κ3) is 2.17. The molecular formula is C12H17FN2. The molecule has 1 aromatic heterocycles. The van der Waals surface area contributed by atoms with Crippen LogP contribution in [0.2, 0.25) is 0 Å². The largest absolute Gasteiger partial charge is 0.278 e. The molecule has 15 heavy (non-hydrogen) atoms. The first kappa shape index (κ1) is 11.7. The van der Waals surface area contributed by atoms with Gasteiger partial charge in [0.15, 0.2) is 0 Å². The molecule has 0 spiro atoms. The van der Waals surface area contributed by atoms with Crippen LogP contribution in [0.5, 0.6) is 0 Å². The molecule has 2 rings (SSSR count). The number of fused-ring (bicyclic) bond motifs is 1. The van der Waals surface area contributed by atoms with Gasteiger partial charge in [-0.05, 0) is 18.1 Å². The maximum absolute atomic E-state index is 13.4. The Morgan fingerprint density at radius 3 is 2.53 bits per heavy atom. The molecule has 0 radical (unpaired) electrons. The fourth-order valence-corrected chi connectivity index (χ4v) is 1.60. The Hall–Kier alpha value is -1.38. The molecule has 0 saturated heterocycles. The van der Waals surface area contributed by atoms with E-state index in [0.29, 0.717) is 0 Å². The van der Waals surface area contributed by atoms with Crippen molar-refractivity contribution < 1.29 is 4.39 Å². The molecule has 0 aliphatic carbocycles. The molecule has 1 heterocycles. The Labute approximate surface area is 89.5 Å². The van der Waals surface area contributed by atoms with Crippen molar-refractivity contribution in [1.29, 1.82) is 0 Å². The smallest absolute Gasteiger partial charge is 0.127 e. The van der Waals surface area contributed by atoms with E-state index in [4.69, 9.17) is 0 Å². The Kier molecular flexibility index (Phi) is 3.83. The Balaban J connectivity index is 0.000000531. The summed E-state index contributed by atoms with van der Waals surface area (Å²) < 4.78 is 13.4. The molecule has 82 valence electrons. The lowest BCUT2D eigenvalue weighted by Crippen LogP contribution is -1.93. The maximum atomic E-state index is 13.4. The second-order valence-corrected chi connectivity index (χ2v) is 3.45. The summed E-state index contributed by atoms with van der Waals surface area (Å²) in [5.41, 5.74) is 1.64. The van der Waals surface area contributed by atoms with Gasteiger partial charge >= 0.3 is 0 Å². The van der Waals surface area contributed by atoms with Gasteiger partial charge in [0.25, 0.3) is 0 Å². The van der Waals surface area contributed by atoms with Gasteiger partial charge in [-0.1, -0.05) is 27.7 Å². The topological polar surface area (TPSA) is 28.7 Å². The molecule has 0 unspecified atom stereocenters. The van der Waals surface area contributed by atoms with Gasteiger partial charge in [-0.25, -0.2) is 4.39 Å². The summed E-state index contributed by atoms with van der Waals surface area (Å²) in [5, 5.41) is 7.60. The fourth-order valence-electron chi connectivity index (χ4n) is 1.60. The molecule has 0 atom stereocenters. The van der Waals surface area contributed by atoms with Crippen molar-refractivity contribution in [3.05, 3.63) is 29.7 Å². The lowest BCUT2D eigenvalue weighted by atomic mass is 9.99. The average Bonchev–Trinajstić information content (AvgIpc) is 2.67. The predicted octanol–water partition coefficient (Wildman–Crippen LogP) is 3.85. The van der Waals surface area contributed by atoms with Gasteiger partial charge in [-0.3, -0.25) is 5.10 Å². The normalized spacial score (nSPS) is 10.3. The van der Waals surface area contributed by atoms with Gasteiger partial charge in [0.2, 0.25) is 0 Å². The van der Waals surface area contributed by atoms with E-state index in [9.17, 15) is 4.39 Å². The van der Waals surface area contributed by atoms with E-state index in [-0.39, 0.29) is 11.7 Å². The summed E-state index contributed by atoms with van der Waals surface area (Å²) >= 11 is 0. The standard InChI is InChI=1S/C10H11FN2.C2H6/c1-6(2)10-7-5-12-13-9(7)4-3-8(10)11;1-2/h3-6H,1-2H3,(H,12,13);1-2H3. The van der Waals surface area contributed by atoms with Crippen LogP contribution in [0.15, 0.2) is 18.3 Å². The monoisotopic (exact) mass is 208 g/mol. The zero-order chi connectivity index (χ0) is 11.4. The van der Waals surface area contributed by atoms with Crippen LogP contribution in [0, 0.1) is 5.82 Å². The highest BCUT2D eigenvalue weighted by Crippen LogP contribution is 2.26. The Morgan fingerprint density at radius 2 is 1.93 bits per heavy atom. The van der Waals surface area contributed by atoms with E-state index in [2.05, 4.69) is 10.2 Å². The molecule has 0 aliphatic heterocycles. The van der Waals surface area contributed by atoms with Crippen LogP contribution in [0.4, 0.5) is 4.39 Å². The first-order chi connectivity index (χ1) is 7.20.